The second kappa shape index (κ2) is 13.9. The molecule has 0 radical (unpaired) electrons. The molecule has 3 heterocycles. The number of para-hydroxylation sites is 3. The Balaban J connectivity index is 1.05. The summed E-state index contributed by atoms with van der Waals surface area (Å²) in [6.45, 7) is 2.19. The van der Waals surface area contributed by atoms with Gasteiger partial charge in [0.05, 0.1) is 28.1 Å². The van der Waals surface area contributed by atoms with E-state index in [9.17, 15) is 0 Å². The minimum absolute atomic E-state index is 0.588. The van der Waals surface area contributed by atoms with E-state index in [4.69, 9.17) is 14.4 Å². The SMILES string of the molecule is Cc1ccccc1-c1cc(-c2ccc3c(c2)c2ccccc2n3-c2cccc3c2oc2ccccc23)ccc1Cc1nc(-c2ccccc2)cc(-c2ccccc2)n1. The molecule has 4 heteroatoms. The molecule has 11 aromatic rings. The van der Waals surface area contributed by atoms with Gasteiger partial charge in [-0.05, 0) is 82.8 Å². The number of hydrogen-bond acceptors (Lipinski definition) is 3. The molecule has 3 aromatic heterocycles. The van der Waals surface area contributed by atoms with E-state index in [-0.39, 0.29) is 0 Å². The molecular formula is C54H37N3O. The lowest BCUT2D eigenvalue weighted by atomic mass is 9.90. The van der Waals surface area contributed by atoms with E-state index < -0.39 is 0 Å². The maximum atomic E-state index is 6.55. The van der Waals surface area contributed by atoms with Crippen LogP contribution in [0.4, 0.5) is 0 Å². The number of aryl methyl sites for hydroxylation is 1. The zero-order chi connectivity index (χ0) is 38.6. The molecule has 274 valence electrons. The van der Waals surface area contributed by atoms with E-state index >= 15 is 0 Å². The third-order valence-corrected chi connectivity index (χ3v) is 11.4. The highest BCUT2D eigenvalue weighted by atomic mass is 16.3. The molecule has 0 amide bonds. The van der Waals surface area contributed by atoms with Crippen molar-refractivity contribution in [1.82, 2.24) is 14.5 Å². The number of furan rings is 1. The van der Waals surface area contributed by atoms with Gasteiger partial charge in [0.1, 0.15) is 11.4 Å². The minimum atomic E-state index is 0.588. The van der Waals surface area contributed by atoms with E-state index in [0.717, 1.165) is 78.1 Å². The predicted octanol–water partition coefficient (Wildman–Crippen LogP) is 14.0. The van der Waals surface area contributed by atoms with Gasteiger partial charge >= 0.3 is 0 Å². The van der Waals surface area contributed by atoms with Crippen LogP contribution in [0.5, 0.6) is 0 Å². The van der Waals surface area contributed by atoms with Crippen LogP contribution in [0, 0.1) is 6.92 Å². The Kier molecular flexibility index (Phi) is 8.07. The van der Waals surface area contributed by atoms with E-state index in [1.54, 1.807) is 0 Å². The fraction of sp³-hybridized carbons (Fsp3) is 0.0370. The number of benzene rings is 8. The first-order chi connectivity index (χ1) is 28.7. The van der Waals surface area contributed by atoms with Crippen LogP contribution in [0.1, 0.15) is 17.0 Å². The summed E-state index contributed by atoms with van der Waals surface area (Å²) in [5, 5.41) is 4.64. The molecule has 0 spiro atoms. The van der Waals surface area contributed by atoms with Crippen LogP contribution < -0.4 is 0 Å². The van der Waals surface area contributed by atoms with Crippen molar-refractivity contribution in [3.63, 3.8) is 0 Å². The topological polar surface area (TPSA) is 43.9 Å². The van der Waals surface area contributed by atoms with Gasteiger partial charge < -0.3 is 8.98 Å². The average molecular weight is 744 g/mol. The summed E-state index contributed by atoms with van der Waals surface area (Å²) < 4.78 is 8.90. The molecule has 58 heavy (non-hydrogen) atoms. The van der Waals surface area contributed by atoms with Crippen molar-refractivity contribution in [1.29, 1.82) is 0 Å². The fourth-order valence-electron chi connectivity index (χ4n) is 8.62. The maximum absolute atomic E-state index is 6.55. The van der Waals surface area contributed by atoms with Gasteiger partial charge in [-0.25, -0.2) is 9.97 Å². The van der Waals surface area contributed by atoms with Crippen molar-refractivity contribution in [3.8, 4) is 50.5 Å². The Morgan fingerprint density at radius 2 is 1.07 bits per heavy atom. The Bertz CT molecular complexity index is 3260. The Labute approximate surface area is 336 Å². The van der Waals surface area contributed by atoms with Crippen LogP contribution >= 0.6 is 0 Å². The van der Waals surface area contributed by atoms with Crippen molar-refractivity contribution in [3.05, 3.63) is 211 Å². The number of nitrogens with zero attached hydrogens (tertiary/aromatic N) is 3. The summed E-state index contributed by atoms with van der Waals surface area (Å²) in [5.74, 6) is 0.788. The van der Waals surface area contributed by atoms with E-state index in [2.05, 4.69) is 181 Å². The van der Waals surface area contributed by atoms with Crippen LogP contribution in [0.3, 0.4) is 0 Å². The number of fused-ring (bicyclic) bond motifs is 6. The standard InChI is InChI=1S/C54H37N3O/c1-35-15-8-9-20-41(35)45-31-38(27-28-40(45)33-53-55-47(36-16-4-2-5-17-36)34-48(56-53)37-18-6-3-7-19-37)39-29-30-50-46(32-39)42-21-10-12-24-49(42)57(50)51-25-14-23-44-43-22-11-13-26-52(43)58-54(44)51/h2-32,34H,33H2,1H3. The lowest BCUT2D eigenvalue weighted by molar-refractivity contribution is 0.666. The first-order valence-corrected chi connectivity index (χ1v) is 19.8. The van der Waals surface area contributed by atoms with E-state index in [1.807, 2.05) is 24.3 Å². The minimum Gasteiger partial charge on any atom is -0.454 e. The molecule has 0 aliphatic rings. The summed E-state index contributed by atoms with van der Waals surface area (Å²) in [6.07, 6.45) is 0.588. The second-order valence-electron chi connectivity index (χ2n) is 15.0. The smallest absolute Gasteiger partial charge is 0.159 e. The third kappa shape index (κ3) is 5.77. The highest BCUT2D eigenvalue weighted by molar-refractivity contribution is 6.13. The van der Waals surface area contributed by atoms with Crippen molar-refractivity contribution in [2.45, 2.75) is 13.3 Å². The molecule has 0 unspecified atom stereocenters. The van der Waals surface area contributed by atoms with Gasteiger partial charge in [-0.3, -0.25) is 0 Å². The summed E-state index contributed by atoms with van der Waals surface area (Å²) in [6, 6.07) is 68.7. The molecule has 0 bridgehead atoms. The molecule has 0 aliphatic carbocycles. The van der Waals surface area contributed by atoms with Gasteiger partial charge in [0, 0.05) is 39.1 Å². The van der Waals surface area contributed by atoms with Gasteiger partial charge in [-0.2, -0.15) is 0 Å². The molecule has 0 saturated heterocycles. The lowest BCUT2D eigenvalue weighted by Gasteiger charge is -2.16. The molecule has 0 aliphatic heterocycles. The largest absolute Gasteiger partial charge is 0.454 e. The lowest BCUT2D eigenvalue weighted by Crippen LogP contribution is -2.02. The Morgan fingerprint density at radius 3 is 1.84 bits per heavy atom. The highest BCUT2D eigenvalue weighted by Crippen LogP contribution is 2.40. The first-order valence-electron chi connectivity index (χ1n) is 19.8. The van der Waals surface area contributed by atoms with Crippen molar-refractivity contribution < 1.29 is 4.42 Å². The summed E-state index contributed by atoms with van der Waals surface area (Å²) >= 11 is 0. The molecule has 0 atom stereocenters. The van der Waals surface area contributed by atoms with Crippen LogP contribution in [0.2, 0.25) is 0 Å². The molecule has 8 aromatic carbocycles. The second-order valence-corrected chi connectivity index (χ2v) is 15.0. The third-order valence-electron chi connectivity index (χ3n) is 11.4. The summed E-state index contributed by atoms with van der Waals surface area (Å²) in [7, 11) is 0. The van der Waals surface area contributed by atoms with Crippen LogP contribution in [-0.2, 0) is 6.42 Å². The van der Waals surface area contributed by atoms with Crippen LogP contribution in [-0.4, -0.2) is 14.5 Å². The van der Waals surface area contributed by atoms with E-state index in [0.29, 0.717) is 6.42 Å². The molecule has 0 fully saturated rings. The maximum Gasteiger partial charge on any atom is 0.159 e. The summed E-state index contributed by atoms with van der Waals surface area (Å²) in [5.41, 5.74) is 16.2. The van der Waals surface area contributed by atoms with Crippen LogP contribution in [0.25, 0.3) is 94.2 Å². The number of rotatable bonds is 7. The Hall–Kier alpha value is -7.56. The van der Waals surface area contributed by atoms with Crippen molar-refractivity contribution in [2.24, 2.45) is 0 Å². The van der Waals surface area contributed by atoms with E-state index in [1.165, 1.54) is 33.0 Å². The molecule has 0 saturated carbocycles. The van der Waals surface area contributed by atoms with Gasteiger partial charge in [0.2, 0.25) is 0 Å². The molecular weight excluding hydrogens is 707 g/mol. The molecule has 0 N–H and O–H groups in total. The molecule has 11 rings (SSSR count). The van der Waals surface area contributed by atoms with Crippen molar-refractivity contribution in [2.75, 3.05) is 0 Å². The summed E-state index contributed by atoms with van der Waals surface area (Å²) in [4.78, 5) is 10.3. The van der Waals surface area contributed by atoms with Gasteiger partial charge in [-0.1, -0.05) is 152 Å². The zero-order valence-electron chi connectivity index (χ0n) is 31.9. The first kappa shape index (κ1) is 33.8. The fourth-order valence-corrected chi connectivity index (χ4v) is 8.62. The predicted molar refractivity (Wildman–Crippen MR) is 239 cm³/mol. The van der Waals surface area contributed by atoms with Gasteiger partial charge in [0.25, 0.3) is 0 Å². The van der Waals surface area contributed by atoms with Gasteiger partial charge in [-0.15, -0.1) is 0 Å². The zero-order valence-corrected chi connectivity index (χ0v) is 31.9. The number of hydrogen-bond donors (Lipinski definition) is 0. The number of aromatic nitrogens is 3. The van der Waals surface area contributed by atoms with Gasteiger partial charge in [0.15, 0.2) is 5.58 Å². The van der Waals surface area contributed by atoms with Crippen molar-refractivity contribution >= 4 is 43.7 Å². The average Bonchev–Trinajstić information content (AvgIpc) is 3.83. The monoisotopic (exact) mass is 743 g/mol. The quantitative estimate of drug-likeness (QED) is 0.163. The normalized spacial score (nSPS) is 11.6. The Morgan fingerprint density at radius 1 is 0.448 bits per heavy atom. The van der Waals surface area contributed by atoms with Crippen LogP contribution in [0.15, 0.2) is 199 Å². The molecule has 4 nitrogen and oxygen atoms in total. The highest BCUT2D eigenvalue weighted by Gasteiger charge is 2.19.